The van der Waals surface area contributed by atoms with Gasteiger partial charge in [0.1, 0.15) is 17.2 Å². The van der Waals surface area contributed by atoms with Crippen LogP contribution >= 0.6 is 23.2 Å². The highest BCUT2D eigenvalue weighted by Crippen LogP contribution is 2.41. The van der Waals surface area contributed by atoms with Crippen molar-refractivity contribution in [3.63, 3.8) is 0 Å². The van der Waals surface area contributed by atoms with E-state index in [-0.39, 0.29) is 41.4 Å². The molecule has 40 heavy (non-hydrogen) atoms. The van der Waals surface area contributed by atoms with E-state index in [2.05, 4.69) is 10.3 Å². The summed E-state index contributed by atoms with van der Waals surface area (Å²) in [4.78, 5) is 30.6. The van der Waals surface area contributed by atoms with Crippen LogP contribution in [0.25, 0.3) is 22.4 Å². The predicted molar refractivity (Wildman–Crippen MR) is 154 cm³/mol. The summed E-state index contributed by atoms with van der Waals surface area (Å²) >= 11 is 13.2. The topological polar surface area (TPSA) is 107 Å². The summed E-state index contributed by atoms with van der Waals surface area (Å²) in [5.74, 6) is -0.513. The molecule has 0 spiro atoms. The van der Waals surface area contributed by atoms with Gasteiger partial charge < -0.3 is 25.4 Å². The maximum atomic E-state index is 15.8. The standard InChI is InChI=1S/C29H31Cl2FN4O4/c1-29(2,3)40-28(38)36(14-17-8-9-24(37)35-17)15-20-21(32)12-16(13-23(20)39-4)27-26(31)19(10-11-34-27)18-6-5-7-22(33)25(18)30/h5-7,10-13,17H,8-9,14-15,33H2,1-4H3,(H,35,37)/t17-/m0/s1. The fraction of sp³-hybridized carbons (Fsp3) is 0.345. The molecule has 1 aromatic heterocycles. The van der Waals surface area contributed by atoms with Crippen molar-refractivity contribution in [3.05, 3.63) is 64.0 Å². The number of anilines is 1. The van der Waals surface area contributed by atoms with Gasteiger partial charge in [-0.05, 0) is 51.5 Å². The molecule has 212 valence electrons. The van der Waals surface area contributed by atoms with Crippen molar-refractivity contribution in [3.8, 4) is 28.1 Å². The Morgan fingerprint density at radius 2 is 1.93 bits per heavy atom. The van der Waals surface area contributed by atoms with Gasteiger partial charge in [0.2, 0.25) is 5.91 Å². The number of ether oxygens (including phenoxy) is 2. The first kappa shape index (κ1) is 29.4. The van der Waals surface area contributed by atoms with Gasteiger partial charge in [0.25, 0.3) is 0 Å². The number of hydrogen-bond acceptors (Lipinski definition) is 6. The second-order valence-electron chi connectivity index (χ2n) is 10.5. The third-order valence-electron chi connectivity index (χ3n) is 6.38. The minimum absolute atomic E-state index is 0.0895. The maximum Gasteiger partial charge on any atom is 0.410 e. The zero-order valence-corrected chi connectivity index (χ0v) is 24.2. The SMILES string of the molecule is COc1cc(-c2nccc(-c3cccc(N)c3Cl)c2Cl)cc(F)c1CN(C[C@@H]1CCC(=O)N1)C(=O)OC(C)(C)C. The van der Waals surface area contributed by atoms with Gasteiger partial charge >= 0.3 is 6.09 Å². The molecule has 3 aromatic rings. The normalized spacial score (nSPS) is 15.1. The van der Waals surface area contributed by atoms with Gasteiger partial charge in [-0.2, -0.15) is 0 Å². The van der Waals surface area contributed by atoms with Crippen LogP contribution in [-0.2, 0) is 16.1 Å². The number of rotatable bonds is 7. The van der Waals surface area contributed by atoms with E-state index in [1.807, 2.05) is 0 Å². The number of carbonyl (C=O) groups is 2. The Morgan fingerprint density at radius 3 is 2.58 bits per heavy atom. The van der Waals surface area contributed by atoms with Gasteiger partial charge in [0, 0.05) is 47.5 Å². The maximum absolute atomic E-state index is 15.8. The van der Waals surface area contributed by atoms with Crippen molar-refractivity contribution in [2.75, 3.05) is 19.4 Å². The Bertz CT molecular complexity index is 1440. The van der Waals surface area contributed by atoms with Crippen molar-refractivity contribution in [1.29, 1.82) is 0 Å². The Morgan fingerprint density at radius 1 is 1.20 bits per heavy atom. The minimum atomic E-state index is -0.763. The van der Waals surface area contributed by atoms with Crippen LogP contribution in [-0.4, -0.2) is 47.2 Å². The lowest BCUT2D eigenvalue weighted by Gasteiger charge is -2.30. The van der Waals surface area contributed by atoms with Gasteiger partial charge in [-0.25, -0.2) is 9.18 Å². The summed E-state index contributed by atoms with van der Waals surface area (Å²) in [5.41, 5.74) is 7.65. The van der Waals surface area contributed by atoms with Crippen LogP contribution in [0.2, 0.25) is 10.0 Å². The molecule has 2 amide bonds. The van der Waals surface area contributed by atoms with Gasteiger partial charge in [0.05, 0.1) is 35.1 Å². The Labute approximate surface area is 242 Å². The van der Waals surface area contributed by atoms with Crippen LogP contribution in [0.1, 0.15) is 39.2 Å². The first-order chi connectivity index (χ1) is 18.9. The average molecular weight is 589 g/mol. The lowest BCUT2D eigenvalue weighted by Crippen LogP contribution is -2.44. The van der Waals surface area contributed by atoms with E-state index in [1.165, 1.54) is 18.1 Å². The van der Waals surface area contributed by atoms with Crippen molar-refractivity contribution in [2.45, 2.75) is 51.8 Å². The van der Waals surface area contributed by atoms with E-state index in [4.69, 9.17) is 38.4 Å². The predicted octanol–water partition coefficient (Wildman–Crippen LogP) is 6.47. The molecule has 0 bridgehead atoms. The molecule has 2 aromatic carbocycles. The number of halogens is 3. The molecular formula is C29H31Cl2FN4O4. The van der Waals surface area contributed by atoms with E-state index >= 15 is 4.39 Å². The van der Waals surface area contributed by atoms with E-state index in [1.54, 1.807) is 57.3 Å². The van der Waals surface area contributed by atoms with Gasteiger partial charge in [0.15, 0.2) is 0 Å². The quantitative estimate of drug-likeness (QED) is 0.306. The average Bonchev–Trinajstić information content (AvgIpc) is 3.30. The lowest BCUT2D eigenvalue weighted by atomic mass is 10.0. The molecule has 0 unspecified atom stereocenters. The van der Waals surface area contributed by atoms with Crippen molar-refractivity contribution >= 4 is 40.9 Å². The molecule has 1 aliphatic rings. The highest BCUT2D eigenvalue weighted by Gasteiger charge is 2.30. The summed E-state index contributed by atoms with van der Waals surface area (Å²) in [6, 6.07) is 9.57. The molecule has 0 aliphatic carbocycles. The smallest absolute Gasteiger partial charge is 0.410 e. The van der Waals surface area contributed by atoms with Crippen molar-refractivity contribution in [2.24, 2.45) is 0 Å². The molecule has 1 fully saturated rings. The summed E-state index contributed by atoms with van der Waals surface area (Å²) in [5, 5.41) is 3.45. The number of nitrogens with one attached hydrogen (secondary N) is 1. The van der Waals surface area contributed by atoms with Crippen LogP contribution in [0, 0.1) is 5.82 Å². The van der Waals surface area contributed by atoms with Crippen LogP contribution in [0.3, 0.4) is 0 Å². The molecule has 8 nitrogen and oxygen atoms in total. The number of amides is 2. The lowest BCUT2D eigenvalue weighted by molar-refractivity contribution is -0.119. The first-order valence-electron chi connectivity index (χ1n) is 12.7. The van der Waals surface area contributed by atoms with Gasteiger partial charge in [-0.1, -0.05) is 35.3 Å². The summed E-state index contributed by atoms with van der Waals surface area (Å²) in [6.07, 6.45) is 1.85. The number of pyridine rings is 1. The molecule has 1 saturated heterocycles. The number of aromatic nitrogens is 1. The van der Waals surface area contributed by atoms with Crippen molar-refractivity contribution in [1.82, 2.24) is 15.2 Å². The molecule has 0 saturated carbocycles. The summed E-state index contributed by atoms with van der Waals surface area (Å²) in [7, 11) is 1.41. The third-order valence-corrected chi connectivity index (χ3v) is 7.19. The fourth-order valence-electron chi connectivity index (χ4n) is 4.50. The molecule has 11 heteroatoms. The molecule has 1 atom stereocenters. The third kappa shape index (κ3) is 6.59. The largest absolute Gasteiger partial charge is 0.496 e. The zero-order chi connectivity index (χ0) is 29.2. The Hall–Kier alpha value is -3.56. The molecule has 0 radical (unpaired) electrons. The second kappa shape index (κ2) is 11.9. The fourth-order valence-corrected chi connectivity index (χ4v) is 5.05. The van der Waals surface area contributed by atoms with E-state index in [0.717, 1.165) is 0 Å². The zero-order valence-electron chi connectivity index (χ0n) is 22.7. The monoisotopic (exact) mass is 588 g/mol. The Balaban J connectivity index is 1.70. The highest BCUT2D eigenvalue weighted by molar-refractivity contribution is 6.39. The van der Waals surface area contributed by atoms with Gasteiger partial charge in [-0.3, -0.25) is 9.78 Å². The molecule has 4 rings (SSSR count). The molecular weight excluding hydrogens is 558 g/mol. The number of nitrogens with two attached hydrogens (primary N) is 1. The summed E-state index contributed by atoms with van der Waals surface area (Å²) in [6.45, 7) is 5.26. The van der Waals surface area contributed by atoms with Gasteiger partial charge in [-0.15, -0.1) is 0 Å². The molecule has 2 heterocycles. The minimum Gasteiger partial charge on any atom is -0.496 e. The number of methoxy groups -OCH3 is 1. The number of nitrogens with zero attached hydrogens (tertiary/aromatic N) is 2. The molecule has 1 aliphatic heterocycles. The van der Waals surface area contributed by atoms with E-state index in [9.17, 15) is 9.59 Å². The number of nitrogen functional groups attached to an aromatic ring is 1. The number of hydrogen-bond donors (Lipinski definition) is 2. The number of carbonyl (C=O) groups excluding carboxylic acids is 2. The van der Waals surface area contributed by atoms with Crippen LogP contribution in [0.5, 0.6) is 5.75 Å². The van der Waals surface area contributed by atoms with Crippen molar-refractivity contribution < 1.29 is 23.5 Å². The van der Waals surface area contributed by atoms with E-state index in [0.29, 0.717) is 45.9 Å². The van der Waals surface area contributed by atoms with Crippen LogP contribution in [0.15, 0.2) is 42.6 Å². The van der Waals surface area contributed by atoms with Crippen LogP contribution < -0.4 is 15.8 Å². The molecule has 3 N–H and O–H groups in total. The van der Waals surface area contributed by atoms with Crippen LogP contribution in [0.4, 0.5) is 14.9 Å². The Kier molecular flexibility index (Phi) is 8.75. The first-order valence-corrected chi connectivity index (χ1v) is 13.5. The second-order valence-corrected chi connectivity index (χ2v) is 11.3. The highest BCUT2D eigenvalue weighted by atomic mass is 35.5. The summed E-state index contributed by atoms with van der Waals surface area (Å²) < 4.78 is 26.9. The number of benzene rings is 2. The van der Waals surface area contributed by atoms with E-state index < -0.39 is 17.5 Å².